The van der Waals surface area contributed by atoms with Gasteiger partial charge in [-0.25, -0.2) is 10.8 Å². The number of nitrogen functional groups attached to an aromatic ring is 1. The summed E-state index contributed by atoms with van der Waals surface area (Å²) in [6.07, 6.45) is 2.31. The SMILES string of the molecule is Cc1cc(OC2CCN(C)CC2)nc(NN)n1. The molecule has 2 heterocycles. The summed E-state index contributed by atoms with van der Waals surface area (Å²) in [5.74, 6) is 6.30. The summed E-state index contributed by atoms with van der Waals surface area (Å²) in [7, 11) is 2.13. The van der Waals surface area contributed by atoms with Crippen molar-refractivity contribution in [1.29, 1.82) is 0 Å². The van der Waals surface area contributed by atoms with Gasteiger partial charge < -0.3 is 9.64 Å². The second-order valence-electron chi connectivity index (χ2n) is 4.44. The van der Waals surface area contributed by atoms with E-state index in [0.717, 1.165) is 31.6 Å². The van der Waals surface area contributed by atoms with Gasteiger partial charge in [-0.3, -0.25) is 5.43 Å². The number of nitrogens with two attached hydrogens (primary N) is 1. The van der Waals surface area contributed by atoms with Crippen LogP contribution in [-0.2, 0) is 0 Å². The molecule has 6 nitrogen and oxygen atoms in total. The van der Waals surface area contributed by atoms with Crippen molar-refractivity contribution in [3.63, 3.8) is 0 Å². The molecule has 0 radical (unpaired) electrons. The lowest BCUT2D eigenvalue weighted by Gasteiger charge is -2.28. The van der Waals surface area contributed by atoms with Gasteiger partial charge in [0.25, 0.3) is 0 Å². The normalized spacial score (nSPS) is 18.1. The number of hydrogen-bond acceptors (Lipinski definition) is 6. The minimum Gasteiger partial charge on any atom is -0.474 e. The van der Waals surface area contributed by atoms with E-state index in [-0.39, 0.29) is 6.10 Å². The van der Waals surface area contributed by atoms with E-state index in [2.05, 4.69) is 27.3 Å². The molecule has 1 aliphatic heterocycles. The maximum absolute atomic E-state index is 5.85. The average Bonchev–Trinajstić information content (AvgIpc) is 2.31. The Morgan fingerprint density at radius 2 is 2.12 bits per heavy atom. The number of likely N-dealkylation sites (tertiary alicyclic amines) is 1. The van der Waals surface area contributed by atoms with Crippen molar-refractivity contribution in [2.75, 3.05) is 25.6 Å². The van der Waals surface area contributed by atoms with E-state index < -0.39 is 0 Å². The van der Waals surface area contributed by atoms with E-state index >= 15 is 0 Å². The zero-order chi connectivity index (χ0) is 12.3. The molecule has 0 amide bonds. The molecular formula is C11H19N5O. The smallest absolute Gasteiger partial charge is 0.240 e. The number of piperidine rings is 1. The fraction of sp³-hybridized carbons (Fsp3) is 0.636. The first-order valence-electron chi connectivity index (χ1n) is 5.85. The molecule has 1 fully saturated rings. The second-order valence-corrected chi connectivity index (χ2v) is 4.44. The van der Waals surface area contributed by atoms with Crippen molar-refractivity contribution in [1.82, 2.24) is 14.9 Å². The van der Waals surface area contributed by atoms with Crippen LogP contribution >= 0.6 is 0 Å². The summed E-state index contributed by atoms with van der Waals surface area (Å²) in [5.41, 5.74) is 3.29. The highest BCUT2D eigenvalue weighted by Crippen LogP contribution is 2.18. The topological polar surface area (TPSA) is 76.3 Å². The number of aromatic nitrogens is 2. The molecule has 1 aliphatic rings. The van der Waals surface area contributed by atoms with Gasteiger partial charge in [0.05, 0.1) is 0 Å². The quantitative estimate of drug-likeness (QED) is 0.590. The molecule has 0 saturated carbocycles. The standard InChI is InChI=1S/C11H19N5O/c1-8-7-10(14-11(13-8)15-12)17-9-3-5-16(2)6-4-9/h7,9H,3-6,12H2,1-2H3,(H,13,14,15). The third-order valence-corrected chi connectivity index (χ3v) is 2.91. The van der Waals surface area contributed by atoms with Gasteiger partial charge >= 0.3 is 0 Å². The molecule has 6 heteroatoms. The first kappa shape index (κ1) is 12.1. The number of nitrogens with zero attached hydrogens (tertiary/aromatic N) is 3. The Morgan fingerprint density at radius 1 is 1.41 bits per heavy atom. The summed E-state index contributed by atoms with van der Waals surface area (Å²) in [5, 5.41) is 0. The molecule has 0 unspecified atom stereocenters. The van der Waals surface area contributed by atoms with E-state index in [9.17, 15) is 0 Å². The maximum atomic E-state index is 5.85. The highest BCUT2D eigenvalue weighted by atomic mass is 16.5. The first-order valence-corrected chi connectivity index (χ1v) is 5.85. The minimum atomic E-state index is 0.242. The van der Waals surface area contributed by atoms with Crippen LogP contribution in [0.25, 0.3) is 0 Å². The Labute approximate surface area is 101 Å². The highest BCUT2D eigenvalue weighted by molar-refractivity contribution is 5.29. The maximum Gasteiger partial charge on any atom is 0.240 e. The molecule has 1 aromatic heterocycles. The van der Waals surface area contributed by atoms with Crippen LogP contribution in [0.3, 0.4) is 0 Å². The first-order chi connectivity index (χ1) is 8.17. The van der Waals surface area contributed by atoms with Crippen LogP contribution in [0.15, 0.2) is 6.07 Å². The summed E-state index contributed by atoms with van der Waals surface area (Å²) < 4.78 is 5.85. The van der Waals surface area contributed by atoms with Crippen LogP contribution in [0.4, 0.5) is 5.95 Å². The van der Waals surface area contributed by atoms with Crippen LogP contribution in [0.1, 0.15) is 18.5 Å². The van der Waals surface area contributed by atoms with Gasteiger partial charge in [0.1, 0.15) is 6.10 Å². The van der Waals surface area contributed by atoms with Gasteiger partial charge in [0.15, 0.2) is 0 Å². The Morgan fingerprint density at radius 3 is 2.76 bits per heavy atom. The number of ether oxygens (including phenoxy) is 1. The molecule has 0 atom stereocenters. The molecule has 17 heavy (non-hydrogen) atoms. The molecule has 0 spiro atoms. The molecule has 1 aromatic rings. The van der Waals surface area contributed by atoms with Crippen LogP contribution in [0, 0.1) is 6.92 Å². The third-order valence-electron chi connectivity index (χ3n) is 2.91. The lowest BCUT2D eigenvalue weighted by atomic mass is 10.1. The minimum absolute atomic E-state index is 0.242. The summed E-state index contributed by atoms with van der Waals surface area (Å²) >= 11 is 0. The fourth-order valence-electron chi connectivity index (χ4n) is 1.94. The van der Waals surface area contributed by atoms with Crippen molar-refractivity contribution in [3.8, 4) is 5.88 Å². The number of nitrogens with one attached hydrogen (secondary N) is 1. The van der Waals surface area contributed by atoms with Gasteiger partial charge in [0.2, 0.25) is 11.8 Å². The van der Waals surface area contributed by atoms with Crippen LogP contribution in [0.5, 0.6) is 5.88 Å². The second kappa shape index (κ2) is 5.29. The molecule has 2 rings (SSSR count). The zero-order valence-corrected chi connectivity index (χ0v) is 10.3. The van der Waals surface area contributed by atoms with Crippen LogP contribution < -0.4 is 16.0 Å². The number of anilines is 1. The van der Waals surface area contributed by atoms with Gasteiger partial charge in [-0.2, -0.15) is 4.98 Å². The zero-order valence-electron chi connectivity index (χ0n) is 10.3. The Hall–Kier alpha value is -1.40. The average molecular weight is 237 g/mol. The Kier molecular flexibility index (Phi) is 3.75. The lowest BCUT2D eigenvalue weighted by molar-refractivity contribution is 0.110. The van der Waals surface area contributed by atoms with Crippen LogP contribution in [-0.4, -0.2) is 41.1 Å². The van der Waals surface area contributed by atoms with E-state index in [1.165, 1.54) is 0 Å². The molecule has 0 aromatic carbocycles. The molecule has 0 bridgehead atoms. The fourth-order valence-corrected chi connectivity index (χ4v) is 1.94. The van der Waals surface area contributed by atoms with Gasteiger partial charge in [-0.05, 0) is 26.8 Å². The molecule has 94 valence electrons. The number of hydrazine groups is 1. The molecule has 0 aliphatic carbocycles. The van der Waals surface area contributed by atoms with E-state index in [1.54, 1.807) is 0 Å². The monoisotopic (exact) mass is 237 g/mol. The van der Waals surface area contributed by atoms with Crippen LogP contribution in [0.2, 0.25) is 0 Å². The van der Waals surface area contributed by atoms with Crippen molar-refractivity contribution in [3.05, 3.63) is 11.8 Å². The van der Waals surface area contributed by atoms with Crippen molar-refractivity contribution in [2.45, 2.75) is 25.9 Å². The molecule has 1 saturated heterocycles. The third kappa shape index (κ3) is 3.28. The number of aryl methyl sites for hydroxylation is 1. The predicted molar refractivity (Wildman–Crippen MR) is 65.7 cm³/mol. The van der Waals surface area contributed by atoms with E-state index in [0.29, 0.717) is 11.8 Å². The lowest BCUT2D eigenvalue weighted by Crippen LogP contribution is -2.35. The van der Waals surface area contributed by atoms with Crippen molar-refractivity contribution < 1.29 is 4.74 Å². The summed E-state index contributed by atoms with van der Waals surface area (Å²) in [6, 6.07) is 1.83. The highest BCUT2D eigenvalue weighted by Gasteiger charge is 2.18. The van der Waals surface area contributed by atoms with E-state index in [4.69, 9.17) is 10.6 Å². The van der Waals surface area contributed by atoms with Gasteiger partial charge in [-0.15, -0.1) is 0 Å². The van der Waals surface area contributed by atoms with E-state index in [1.807, 2.05) is 13.0 Å². The Bertz CT molecular complexity index is 376. The number of rotatable bonds is 3. The summed E-state index contributed by atoms with van der Waals surface area (Å²) in [6.45, 7) is 4.03. The molecule has 3 N–H and O–H groups in total. The summed E-state index contributed by atoms with van der Waals surface area (Å²) in [4.78, 5) is 10.6. The van der Waals surface area contributed by atoms with Gasteiger partial charge in [0, 0.05) is 24.8 Å². The van der Waals surface area contributed by atoms with Gasteiger partial charge in [-0.1, -0.05) is 0 Å². The van der Waals surface area contributed by atoms with Crippen molar-refractivity contribution in [2.24, 2.45) is 5.84 Å². The largest absolute Gasteiger partial charge is 0.474 e. The van der Waals surface area contributed by atoms with Crippen molar-refractivity contribution >= 4 is 5.95 Å². The Balaban J connectivity index is 2.00. The molecular weight excluding hydrogens is 218 g/mol. The number of hydrogen-bond donors (Lipinski definition) is 2. The predicted octanol–water partition coefficient (Wildman–Crippen LogP) is 0.544.